The Labute approximate surface area is 206 Å². The summed E-state index contributed by atoms with van der Waals surface area (Å²) < 4.78 is 0. The lowest BCUT2D eigenvalue weighted by Crippen LogP contribution is -2.31. The van der Waals surface area contributed by atoms with E-state index in [4.69, 9.17) is 11.6 Å². The van der Waals surface area contributed by atoms with Crippen molar-refractivity contribution in [1.29, 1.82) is 5.26 Å². The molecular weight excluding hydrogens is 448 g/mol. The summed E-state index contributed by atoms with van der Waals surface area (Å²) in [6.45, 7) is 13.0. The molecule has 6 nitrogen and oxygen atoms in total. The van der Waals surface area contributed by atoms with E-state index in [0.717, 1.165) is 0 Å². The number of carbonyl (C=O) groups excluding carboxylic acids is 2. The first-order valence-corrected chi connectivity index (χ1v) is 11.4. The molecule has 2 rings (SSSR count). The lowest BCUT2D eigenvalue weighted by atomic mass is 9.99. The van der Waals surface area contributed by atoms with E-state index in [1.165, 1.54) is 6.07 Å². The number of rotatable bonds is 8. The van der Waals surface area contributed by atoms with Gasteiger partial charge in [-0.2, -0.15) is 5.26 Å². The molecule has 2 aromatic carbocycles. The van der Waals surface area contributed by atoms with E-state index >= 15 is 0 Å². The molecule has 0 radical (unpaired) electrons. The molecule has 7 heteroatoms. The van der Waals surface area contributed by atoms with Gasteiger partial charge in [0.15, 0.2) is 0 Å². The Bertz CT molecular complexity index is 1220. The number of benzene rings is 2. The maximum absolute atomic E-state index is 13.5. The van der Waals surface area contributed by atoms with Gasteiger partial charge in [-0.1, -0.05) is 49.4 Å². The van der Waals surface area contributed by atoms with Gasteiger partial charge in [0.05, 0.1) is 34.2 Å². The Kier molecular flexibility index (Phi) is 9.35. The molecule has 2 N–H and O–H groups in total. The molecule has 0 aliphatic carbocycles. The van der Waals surface area contributed by atoms with E-state index in [0.29, 0.717) is 45.2 Å². The number of carbonyl (C=O) groups is 2. The number of nitrogens with one attached hydrogen (secondary N) is 2. The molecule has 0 aromatic heterocycles. The Morgan fingerprint density at radius 2 is 1.91 bits per heavy atom. The Morgan fingerprint density at radius 3 is 2.47 bits per heavy atom. The fourth-order valence-electron chi connectivity index (χ4n) is 3.25. The molecule has 2 aromatic rings. The van der Waals surface area contributed by atoms with Crippen molar-refractivity contribution in [2.24, 2.45) is 4.99 Å². The second kappa shape index (κ2) is 12.0. The van der Waals surface area contributed by atoms with Gasteiger partial charge in [-0.05, 0) is 57.9 Å². The third kappa shape index (κ3) is 6.43. The predicted molar refractivity (Wildman–Crippen MR) is 138 cm³/mol. The van der Waals surface area contributed by atoms with Gasteiger partial charge in [0.25, 0.3) is 11.8 Å². The summed E-state index contributed by atoms with van der Waals surface area (Å²) in [5.74, 6) is -0.844. The maximum atomic E-state index is 13.5. The smallest absolute Gasteiger partial charge is 0.257 e. The fourth-order valence-corrected chi connectivity index (χ4v) is 3.47. The third-order valence-corrected chi connectivity index (χ3v) is 5.29. The van der Waals surface area contributed by atoms with Crippen LogP contribution >= 0.6 is 11.6 Å². The van der Waals surface area contributed by atoms with E-state index in [-0.39, 0.29) is 23.1 Å². The van der Waals surface area contributed by atoms with Gasteiger partial charge in [-0.3, -0.25) is 14.6 Å². The zero-order valence-corrected chi connectivity index (χ0v) is 20.9. The number of aryl methyl sites for hydroxylation is 1. The lowest BCUT2D eigenvalue weighted by Gasteiger charge is -2.18. The number of nitrogens with zero attached hydrogens (tertiary/aromatic N) is 2. The molecule has 0 aliphatic rings. The van der Waals surface area contributed by atoms with Crippen LogP contribution < -0.4 is 10.6 Å². The van der Waals surface area contributed by atoms with Gasteiger partial charge in [0.1, 0.15) is 0 Å². The average Bonchev–Trinajstić information content (AvgIpc) is 2.79. The highest BCUT2D eigenvalue weighted by molar-refractivity contribution is 6.39. The molecule has 0 saturated carbocycles. The quantitative estimate of drug-likeness (QED) is 0.363. The highest BCUT2D eigenvalue weighted by Crippen LogP contribution is 2.26. The zero-order valence-electron chi connectivity index (χ0n) is 20.1. The van der Waals surface area contributed by atoms with Crippen molar-refractivity contribution in [3.05, 3.63) is 87.6 Å². The number of amides is 2. The lowest BCUT2D eigenvalue weighted by molar-refractivity contribution is -0.112. The van der Waals surface area contributed by atoms with Crippen LogP contribution in [0, 0.1) is 18.3 Å². The van der Waals surface area contributed by atoms with Crippen molar-refractivity contribution in [2.75, 3.05) is 5.32 Å². The summed E-state index contributed by atoms with van der Waals surface area (Å²) in [6, 6.07) is 12.2. The zero-order chi connectivity index (χ0) is 25.4. The standard InChI is InChI=1S/C27H29ClN4O2/c1-7-18(6)31-25(21-11-9-10-12-23(21)28)20(8-2)26(33)32-24-17(5)13-19(15-29)14-22(24)27(34)30-16(3)4/h8-14,16H,6-7H2,1-5H3,(H,30,34)(H,32,33)/b20-8+,31-25?. The number of anilines is 1. The van der Waals surface area contributed by atoms with Crippen LogP contribution in [0.1, 0.15) is 61.2 Å². The first-order chi connectivity index (χ1) is 16.1. The Balaban J connectivity index is 2.59. The molecule has 0 unspecified atom stereocenters. The van der Waals surface area contributed by atoms with Crippen LogP contribution in [0.15, 0.2) is 65.3 Å². The molecule has 0 fully saturated rings. The summed E-state index contributed by atoms with van der Waals surface area (Å²) in [7, 11) is 0. The fraction of sp³-hybridized carbons (Fsp3) is 0.259. The summed E-state index contributed by atoms with van der Waals surface area (Å²) in [4.78, 5) is 31.0. The second-order valence-electron chi connectivity index (χ2n) is 7.97. The largest absolute Gasteiger partial charge is 0.350 e. The Morgan fingerprint density at radius 1 is 1.24 bits per heavy atom. The summed E-state index contributed by atoms with van der Waals surface area (Å²) in [5, 5.41) is 15.5. The van der Waals surface area contributed by atoms with Crippen molar-refractivity contribution in [2.45, 2.75) is 47.1 Å². The first-order valence-electron chi connectivity index (χ1n) is 11.0. The van der Waals surface area contributed by atoms with Gasteiger partial charge >= 0.3 is 0 Å². The number of aliphatic imine (C=N–C) groups is 1. The number of allylic oxidation sites excluding steroid dienone is 2. The monoisotopic (exact) mass is 476 g/mol. The van der Waals surface area contributed by atoms with Crippen molar-refractivity contribution >= 4 is 34.8 Å². The molecule has 34 heavy (non-hydrogen) atoms. The number of nitriles is 1. The SMILES string of the molecule is C=C(CC)N=C(/C(=C\C)C(=O)Nc1c(C)cc(C#N)cc1C(=O)NC(C)C)c1ccccc1Cl. The predicted octanol–water partition coefficient (Wildman–Crippen LogP) is 5.96. The van der Waals surface area contributed by atoms with Gasteiger partial charge in [0, 0.05) is 22.3 Å². The van der Waals surface area contributed by atoms with Crippen molar-refractivity contribution < 1.29 is 9.59 Å². The van der Waals surface area contributed by atoms with Crippen LogP contribution in [0.4, 0.5) is 5.69 Å². The van der Waals surface area contributed by atoms with Crippen LogP contribution in [-0.2, 0) is 4.79 Å². The highest BCUT2D eigenvalue weighted by Gasteiger charge is 2.23. The van der Waals surface area contributed by atoms with Crippen molar-refractivity contribution in [3.8, 4) is 6.07 Å². The highest BCUT2D eigenvalue weighted by atomic mass is 35.5. The summed E-state index contributed by atoms with van der Waals surface area (Å²) in [6.07, 6.45) is 2.24. The Hall–Kier alpha value is -3.69. The van der Waals surface area contributed by atoms with Crippen LogP contribution in [0.2, 0.25) is 5.02 Å². The molecule has 2 amide bonds. The van der Waals surface area contributed by atoms with E-state index in [1.54, 1.807) is 44.2 Å². The van der Waals surface area contributed by atoms with Crippen molar-refractivity contribution in [3.63, 3.8) is 0 Å². The molecule has 0 saturated heterocycles. The van der Waals surface area contributed by atoms with Crippen molar-refractivity contribution in [1.82, 2.24) is 5.32 Å². The van der Waals surface area contributed by atoms with Crippen LogP contribution in [0.3, 0.4) is 0 Å². The first kappa shape index (κ1) is 26.6. The normalized spacial score (nSPS) is 11.7. The molecule has 0 aliphatic heterocycles. The van der Waals surface area contributed by atoms with Crippen LogP contribution in [0.5, 0.6) is 0 Å². The van der Waals surface area contributed by atoms with E-state index < -0.39 is 5.91 Å². The van der Waals surface area contributed by atoms with E-state index in [2.05, 4.69) is 28.3 Å². The summed E-state index contributed by atoms with van der Waals surface area (Å²) >= 11 is 6.43. The van der Waals surface area contributed by atoms with Gasteiger partial charge in [-0.25, -0.2) is 0 Å². The molecule has 176 valence electrons. The van der Waals surface area contributed by atoms with Gasteiger partial charge in [-0.15, -0.1) is 0 Å². The maximum Gasteiger partial charge on any atom is 0.257 e. The number of hydrogen-bond donors (Lipinski definition) is 2. The van der Waals surface area contributed by atoms with Gasteiger partial charge in [0.2, 0.25) is 0 Å². The minimum atomic E-state index is -0.462. The van der Waals surface area contributed by atoms with Crippen LogP contribution in [-0.4, -0.2) is 23.6 Å². The van der Waals surface area contributed by atoms with Crippen LogP contribution in [0.25, 0.3) is 0 Å². The molecular formula is C27H29ClN4O2. The second-order valence-corrected chi connectivity index (χ2v) is 8.38. The molecule has 0 heterocycles. The summed E-state index contributed by atoms with van der Waals surface area (Å²) in [5.41, 5.74) is 3.31. The molecule has 0 atom stereocenters. The topological polar surface area (TPSA) is 94.3 Å². The van der Waals surface area contributed by atoms with Gasteiger partial charge < -0.3 is 10.6 Å². The minimum absolute atomic E-state index is 0.118. The van der Waals surface area contributed by atoms with E-state index in [1.807, 2.05) is 26.8 Å². The third-order valence-electron chi connectivity index (χ3n) is 4.96. The number of hydrogen-bond acceptors (Lipinski definition) is 4. The average molecular weight is 477 g/mol. The molecule has 0 bridgehead atoms. The van der Waals surface area contributed by atoms with E-state index in [9.17, 15) is 14.9 Å². The number of halogens is 1. The molecule has 0 spiro atoms. The minimum Gasteiger partial charge on any atom is -0.350 e.